The first-order chi connectivity index (χ1) is 14.8. The zero-order valence-electron chi connectivity index (χ0n) is 18.2. The van der Waals surface area contributed by atoms with Crippen molar-refractivity contribution in [3.8, 4) is 5.75 Å². The van der Waals surface area contributed by atoms with Crippen LogP contribution in [0.5, 0.6) is 5.75 Å². The van der Waals surface area contributed by atoms with E-state index in [1.807, 2.05) is 26.0 Å². The van der Waals surface area contributed by atoms with Crippen LogP contribution in [0, 0.1) is 0 Å². The summed E-state index contributed by atoms with van der Waals surface area (Å²) in [5, 5.41) is 0.403. The first kappa shape index (κ1) is 23.4. The highest BCUT2D eigenvalue weighted by molar-refractivity contribution is 7.87. The maximum atomic E-state index is 13.2. The van der Waals surface area contributed by atoms with E-state index < -0.39 is 10.1 Å². The van der Waals surface area contributed by atoms with E-state index in [4.69, 9.17) is 15.8 Å². The zero-order chi connectivity index (χ0) is 22.6. The number of rotatable bonds is 10. The standard InChI is InChI=1S/C23H29ClN2O4S/c1-4-25(5-2)19-12-11-17(22(15-19)30-31(28,29)6-3)16-26(18-13-14-18)23(27)20-9-7-8-10-21(20)24/h7-12,15,18H,4-6,13-14,16H2,1-3H3. The molecule has 1 saturated carbocycles. The minimum atomic E-state index is -3.71. The van der Waals surface area contributed by atoms with Gasteiger partial charge in [0.05, 0.1) is 16.3 Å². The molecule has 0 atom stereocenters. The van der Waals surface area contributed by atoms with E-state index in [1.54, 1.807) is 42.2 Å². The fourth-order valence-corrected chi connectivity index (χ4v) is 4.22. The lowest BCUT2D eigenvalue weighted by molar-refractivity contribution is 0.0729. The molecule has 0 unspecified atom stereocenters. The van der Waals surface area contributed by atoms with Gasteiger partial charge in [-0.25, -0.2) is 0 Å². The second-order valence-corrected chi connectivity index (χ2v) is 9.80. The molecule has 0 bridgehead atoms. The third kappa shape index (κ3) is 5.71. The monoisotopic (exact) mass is 464 g/mol. The molecule has 8 heteroatoms. The summed E-state index contributed by atoms with van der Waals surface area (Å²) in [5.74, 6) is -0.0265. The van der Waals surface area contributed by atoms with Crippen LogP contribution in [0.4, 0.5) is 5.69 Å². The van der Waals surface area contributed by atoms with Crippen LogP contribution in [0.15, 0.2) is 42.5 Å². The van der Waals surface area contributed by atoms with E-state index in [1.165, 1.54) is 0 Å². The molecule has 3 rings (SSSR count). The van der Waals surface area contributed by atoms with Gasteiger partial charge in [0.25, 0.3) is 5.91 Å². The van der Waals surface area contributed by atoms with Crippen molar-refractivity contribution >= 4 is 33.3 Å². The minimum absolute atomic E-state index is 0.113. The van der Waals surface area contributed by atoms with E-state index in [2.05, 4.69) is 4.90 Å². The van der Waals surface area contributed by atoms with Crippen LogP contribution in [0.1, 0.15) is 49.5 Å². The van der Waals surface area contributed by atoms with Crippen molar-refractivity contribution in [2.45, 2.75) is 46.2 Å². The molecule has 2 aromatic carbocycles. The van der Waals surface area contributed by atoms with Crippen molar-refractivity contribution in [2.24, 2.45) is 0 Å². The van der Waals surface area contributed by atoms with E-state index in [-0.39, 0.29) is 30.0 Å². The molecule has 0 saturated heterocycles. The molecule has 2 aromatic rings. The van der Waals surface area contributed by atoms with Gasteiger partial charge in [-0.05, 0) is 51.8 Å². The Hall–Kier alpha value is -2.25. The largest absolute Gasteiger partial charge is 0.382 e. The van der Waals surface area contributed by atoms with Gasteiger partial charge in [0.2, 0.25) is 0 Å². The van der Waals surface area contributed by atoms with Crippen molar-refractivity contribution in [2.75, 3.05) is 23.7 Å². The molecule has 0 heterocycles. The third-order valence-corrected chi connectivity index (χ3v) is 6.91. The number of amides is 1. The summed E-state index contributed by atoms with van der Waals surface area (Å²) in [4.78, 5) is 17.1. The van der Waals surface area contributed by atoms with Gasteiger partial charge in [-0.2, -0.15) is 8.42 Å². The maximum absolute atomic E-state index is 13.2. The van der Waals surface area contributed by atoms with Crippen LogP contribution in [-0.2, 0) is 16.7 Å². The first-order valence-corrected chi connectivity index (χ1v) is 12.6. The first-order valence-electron chi connectivity index (χ1n) is 10.6. The molecule has 31 heavy (non-hydrogen) atoms. The molecule has 0 N–H and O–H groups in total. The van der Waals surface area contributed by atoms with E-state index >= 15 is 0 Å². The number of carbonyl (C=O) groups excluding carboxylic acids is 1. The average molecular weight is 465 g/mol. The van der Waals surface area contributed by atoms with Crippen molar-refractivity contribution in [1.82, 2.24) is 4.90 Å². The Bertz CT molecular complexity index is 1030. The predicted molar refractivity (Wildman–Crippen MR) is 124 cm³/mol. The second kappa shape index (κ2) is 9.92. The smallest absolute Gasteiger partial charge is 0.308 e. The van der Waals surface area contributed by atoms with Gasteiger partial charge in [-0.1, -0.05) is 29.8 Å². The zero-order valence-corrected chi connectivity index (χ0v) is 19.7. The molecule has 1 amide bonds. The van der Waals surface area contributed by atoms with Gasteiger partial charge < -0.3 is 14.0 Å². The van der Waals surface area contributed by atoms with E-state index in [9.17, 15) is 13.2 Å². The molecule has 0 radical (unpaired) electrons. The molecular formula is C23H29ClN2O4S. The van der Waals surface area contributed by atoms with Crippen molar-refractivity contribution < 1.29 is 17.4 Å². The van der Waals surface area contributed by atoms with E-state index in [0.717, 1.165) is 31.6 Å². The molecule has 0 aliphatic heterocycles. The van der Waals surface area contributed by atoms with Crippen molar-refractivity contribution in [3.05, 3.63) is 58.6 Å². The molecule has 1 aliphatic rings. The van der Waals surface area contributed by atoms with Crippen LogP contribution in [0.3, 0.4) is 0 Å². The lowest BCUT2D eigenvalue weighted by Crippen LogP contribution is -2.33. The number of halogens is 1. The summed E-state index contributed by atoms with van der Waals surface area (Å²) in [6.45, 7) is 7.45. The second-order valence-electron chi connectivity index (χ2n) is 7.54. The Balaban J connectivity index is 1.97. The Morgan fingerprint density at radius 1 is 1.10 bits per heavy atom. The molecule has 0 spiro atoms. The van der Waals surface area contributed by atoms with Crippen LogP contribution in [0.2, 0.25) is 5.02 Å². The Labute approximate surface area is 189 Å². The molecular weight excluding hydrogens is 436 g/mol. The fraction of sp³-hybridized carbons (Fsp3) is 0.435. The van der Waals surface area contributed by atoms with Crippen LogP contribution in [-0.4, -0.2) is 44.1 Å². The van der Waals surface area contributed by atoms with Gasteiger partial charge in [0.15, 0.2) is 0 Å². The number of benzene rings is 2. The van der Waals surface area contributed by atoms with Gasteiger partial charge in [0.1, 0.15) is 5.75 Å². The van der Waals surface area contributed by atoms with Crippen LogP contribution in [0.25, 0.3) is 0 Å². The summed E-state index contributed by atoms with van der Waals surface area (Å²) < 4.78 is 29.9. The Kier molecular flexibility index (Phi) is 7.49. The number of hydrogen-bond acceptors (Lipinski definition) is 5. The van der Waals surface area contributed by atoms with Gasteiger partial charge in [0, 0.05) is 43.0 Å². The highest BCUT2D eigenvalue weighted by Gasteiger charge is 2.34. The summed E-state index contributed by atoms with van der Waals surface area (Å²) in [5.41, 5.74) is 1.98. The number of anilines is 1. The number of carbonyl (C=O) groups is 1. The quantitative estimate of drug-likeness (QED) is 0.476. The minimum Gasteiger partial charge on any atom is -0.382 e. The molecule has 0 aromatic heterocycles. The molecule has 1 fully saturated rings. The lowest BCUT2D eigenvalue weighted by atomic mass is 10.1. The Morgan fingerprint density at radius 2 is 1.77 bits per heavy atom. The summed E-state index contributed by atoms with van der Waals surface area (Å²) >= 11 is 6.26. The highest BCUT2D eigenvalue weighted by atomic mass is 35.5. The highest BCUT2D eigenvalue weighted by Crippen LogP contribution is 2.34. The number of nitrogens with zero attached hydrogens (tertiary/aromatic N) is 2. The van der Waals surface area contributed by atoms with E-state index in [0.29, 0.717) is 16.1 Å². The lowest BCUT2D eigenvalue weighted by Gasteiger charge is -2.26. The van der Waals surface area contributed by atoms with Gasteiger partial charge in [-0.15, -0.1) is 0 Å². The Morgan fingerprint density at radius 3 is 2.35 bits per heavy atom. The topological polar surface area (TPSA) is 66.9 Å². The average Bonchev–Trinajstić information content (AvgIpc) is 3.59. The fourth-order valence-electron chi connectivity index (χ4n) is 3.46. The normalized spacial score (nSPS) is 13.7. The van der Waals surface area contributed by atoms with Crippen molar-refractivity contribution in [3.63, 3.8) is 0 Å². The van der Waals surface area contributed by atoms with Crippen LogP contribution >= 0.6 is 11.6 Å². The van der Waals surface area contributed by atoms with Gasteiger partial charge >= 0.3 is 10.1 Å². The molecule has 1 aliphatic carbocycles. The summed E-state index contributed by atoms with van der Waals surface area (Å²) in [6, 6.07) is 12.6. The third-order valence-electron chi connectivity index (χ3n) is 5.44. The predicted octanol–water partition coefficient (Wildman–Crippen LogP) is 4.72. The van der Waals surface area contributed by atoms with Crippen molar-refractivity contribution in [1.29, 1.82) is 0 Å². The summed E-state index contributed by atoms with van der Waals surface area (Å²) in [6.07, 6.45) is 1.83. The maximum Gasteiger partial charge on any atom is 0.308 e. The summed E-state index contributed by atoms with van der Waals surface area (Å²) in [7, 11) is -3.71. The molecule has 6 nitrogen and oxygen atoms in total. The SMILES string of the molecule is CCN(CC)c1ccc(CN(C(=O)c2ccccc2Cl)C2CC2)c(OS(=O)(=O)CC)c1. The van der Waals surface area contributed by atoms with Crippen LogP contribution < -0.4 is 9.08 Å². The van der Waals surface area contributed by atoms with Gasteiger partial charge in [-0.3, -0.25) is 4.79 Å². The number of hydrogen-bond donors (Lipinski definition) is 0. The molecule has 168 valence electrons.